The first-order valence-corrected chi connectivity index (χ1v) is 4.80. The van der Waals surface area contributed by atoms with Crippen LogP contribution in [0.4, 0.5) is 0 Å². The molecule has 0 N–H and O–H groups in total. The third-order valence-corrected chi connectivity index (χ3v) is 2.70. The third kappa shape index (κ3) is 2.47. The van der Waals surface area contributed by atoms with Crippen LogP contribution in [-0.4, -0.2) is 16.4 Å². The van der Waals surface area contributed by atoms with Crippen molar-refractivity contribution in [2.45, 2.75) is 43.5 Å². The molecule has 0 amide bonds. The number of esters is 1. The number of cyclic esters (lactones) is 1. The molecule has 0 aromatic heterocycles. The van der Waals surface area contributed by atoms with Crippen LogP contribution < -0.4 is 0 Å². The molecular formula is C8H13BrO2. The summed E-state index contributed by atoms with van der Waals surface area (Å²) in [5, 5.41) is 0. The fraction of sp³-hybridized carbons (Fsp3) is 0.875. The molecule has 0 aromatic carbocycles. The van der Waals surface area contributed by atoms with Crippen LogP contribution in [-0.2, 0) is 9.53 Å². The van der Waals surface area contributed by atoms with E-state index in [1.165, 1.54) is 0 Å². The Hall–Kier alpha value is -0.0500. The maximum Gasteiger partial charge on any atom is 0.320 e. The maximum absolute atomic E-state index is 11.2. The van der Waals surface area contributed by atoms with Gasteiger partial charge in [0, 0.05) is 0 Å². The van der Waals surface area contributed by atoms with Gasteiger partial charge < -0.3 is 4.74 Å². The quantitative estimate of drug-likeness (QED) is 0.463. The Morgan fingerprint density at radius 2 is 2.27 bits per heavy atom. The molecular weight excluding hydrogens is 208 g/mol. The maximum atomic E-state index is 11.2. The first-order chi connectivity index (χ1) is 5.01. The van der Waals surface area contributed by atoms with Crippen LogP contribution in [0.25, 0.3) is 0 Å². The third-order valence-electron chi connectivity index (χ3n) is 1.87. The van der Waals surface area contributed by atoms with Crippen molar-refractivity contribution in [2.24, 2.45) is 0 Å². The predicted molar refractivity (Wildman–Crippen MR) is 46.7 cm³/mol. The van der Waals surface area contributed by atoms with Crippen LogP contribution in [0.3, 0.4) is 0 Å². The van der Waals surface area contributed by atoms with Crippen molar-refractivity contribution < 1.29 is 9.53 Å². The molecule has 3 heteroatoms. The SMILES string of the molecule is CC1(C)CCCC(Br)C(=O)O1. The first-order valence-electron chi connectivity index (χ1n) is 3.88. The Balaban J connectivity index is 2.63. The lowest BCUT2D eigenvalue weighted by atomic mass is 10.0. The largest absolute Gasteiger partial charge is 0.459 e. The van der Waals surface area contributed by atoms with Gasteiger partial charge in [0.25, 0.3) is 0 Å². The van der Waals surface area contributed by atoms with Gasteiger partial charge in [-0.2, -0.15) is 0 Å². The van der Waals surface area contributed by atoms with Crippen molar-refractivity contribution in [3.8, 4) is 0 Å². The standard InChI is InChI=1S/C8H13BrO2/c1-8(2)5-3-4-6(9)7(10)11-8/h6H,3-5H2,1-2H3. The van der Waals surface area contributed by atoms with Crippen molar-refractivity contribution >= 4 is 21.9 Å². The van der Waals surface area contributed by atoms with Crippen LogP contribution in [0.15, 0.2) is 0 Å². The summed E-state index contributed by atoms with van der Waals surface area (Å²) in [5.41, 5.74) is -0.264. The van der Waals surface area contributed by atoms with E-state index in [1.54, 1.807) is 0 Å². The molecule has 0 aliphatic carbocycles. The summed E-state index contributed by atoms with van der Waals surface area (Å²) >= 11 is 3.28. The minimum atomic E-state index is -0.264. The minimum Gasteiger partial charge on any atom is -0.459 e. The average Bonchev–Trinajstić information content (AvgIpc) is 1.93. The van der Waals surface area contributed by atoms with E-state index in [0.717, 1.165) is 19.3 Å². The van der Waals surface area contributed by atoms with E-state index in [4.69, 9.17) is 4.74 Å². The molecule has 0 aromatic rings. The van der Waals surface area contributed by atoms with Crippen LogP contribution >= 0.6 is 15.9 Å². The summed E-state index contributed by atoms with van der Waals surface area (Å²) in [6.07, 6.45) is 2.90. The van der Waals surface area contributed by atoms with Crippen LogP contribution in [0.2, 0.25) is 0 Å². The smallest absolute Gasteiger partial charge is 0.320 e. The molecule has 1 aliphatic rings. The summed E-state index contributed by atoms with van der Waals surface area (Å²) in [6.45, 7) is 3.91. The lowest BCUT2D eigenvalue weighted by Crippen LogP contribution is -2.28. The van der Waals surface area contributed by atoms with Gasteiger partial charge in [-0.05, 0) is 33.1 Å². The van der Waals surface area contributed by atoms with E-state index < -0.39 is 0 Å². The summed E-state index contributed by atoms with van der Waals surface area (Å²) in [5.74, 6) is -0.118. The van der Waals surface area contributed by atoms with E-state index in [0.29, 0.717) is 0 Å². The highest BCUT2D eigenvalue weighted by Crippen LogP contribution is 2.26. The zero-order valence-electron chi connectivity index (χ0n) is 6.89. The highest BCUT2D eigenvalue weighted by molar-refractivity contribution is 9.10. The molecule has 1 atom stereocenters. The van der Waals surface area contributed by atoms with Gasteiger partial charge in [0.2, 0.25) is 0 Å². The lowest BCUT2D eigenvalue weighted by Gasteiger charge is -2.22. The molecule has 2 nitrogen and oxygen atoms in total. The number of carbonyl (C=O) groups excluding carboxylic acids is 1. The molecule has 0 radical (unpaired) electrons. The molecule has 0 bridgehead atoms. The fourth-order valence-corrected chi connectivity index (χ4v) is 1.63. The Bertz CT molecular complexity index is 165. The van der Waals surface area contributed by atoms with Crippen molar-refractivity contribution in [3.63, 3.8) is 0 Å². The Morgan fingerprint density at radius 3 is 2.91 bits per heavy atom. The van der Waals surface area contributed by atoms with Gasteiger partial charge in [-0.1, -0.05) is 15.9 Å². The molecule has 64 valence electrons. The second-order valence-corrected chi connectivity index (χ2v) is 4.65. The van der Waals surface area contributed by atoms with Crippen molar-refractivity contribution in [3.05, 3.63) is 0 Å². The molecule has 0 spiro atoms. The molecule has 1 unspecified atom stereocenters. The highest BCUT2D eigenvalue weighted by Gasteiger charge is 2.30. The zero-order valence-corrected chi connectivity index (χ0v) is 8.48. The van der Waals surface area contributed by atoms with Gasteiger partial charge in [0.1, 0.15) is 10.4 Å². The minimum absolute atomic E-state index is 0.0933. The van der Waals surface area contributed by atoms with E-state index in [2.05, 4.69) is 15.9 Å². The molecule has 11 heavy (non-hydrogen) atoms. The number of carbonyl (C=O) groups is 1. The first kappa shape index (κ1) is 9.04. The van der Waals surface area contributed by atoms with Crippen LogP contribution in [0.5, 0.6) is 0 Å². The molecule has 1 rings (SSSR count). The van der Waals surface area contributed by atoms with Gasteiger partial charge in [0.15, 0.2) is 0 Å². The van der Waals surface area contributed by atoms with Crippen molar-refractivity contribution in [2.75, 3.05) is 0 Å². The monoisotopic (exact) mass is 220 g/mol. The van der Waals surface area contributed by atoms with E-state index in [9.17, 15) is 4.79 Å². The summed E-state index contributed by atoms with van der Waals surface area (Å²) in [7, 11) is 0. The highest BCUT2D eigenvalue weighted by atomic mass is 79.9. The molecule has 1 saturated heterocycles. The topological polar surface area (TPSA) is 26.3 Å². The number of ether oxygens (including phenoxy) is 1. The second kappa shape index (κ2) is 3.13. The number of rotatable bonds is 0. The Labute approximate surface area is 75.4 Å². The molecule has 0 saturated carbocycles. The van der Waals surface area contributed by atoms with E-state index >= 15 is 0 Å². The average molecular weight is 221 g/mol. The molecule has 1 aliphatic heterocycles. The van der Waals surface area contributed by atoms with Gasteiger partial charge in [-0.15, -0.1) is 0 Å². The number of hydrogen-bond acceptors (Lipinski definition) is 2. The predicted octanol–water partition coefficient (Wildman–Crippen LogP) is 2.26. The van der Waals surface area contributed by atoms with E-state index in [1.807, 2.05) is 13.8 Å². The second-order valence-electron chi connectivity index (χ2n) is 3.54. The van der Waals surface area contributed by atoms with Crippen molar-refractivity contribution in [1.82, 2.24) is 0 Å². The number of alkyl halides is 1. The number of hydrogen-bond donors (Lipinski definition) is 0. The van der Waals surface area contributed by atoms with Gasteiger partial charge in [-0.3, -0.25) is 4.79 Å². The van der Waals surface area contributed by atoms with Gasteiger partial charge in [-0.25, -0.2) is 0 Å². The Morgan fingerprint density at radius 1 is 1.64 bits per heavy atom. The summed E-state index contributed by atoms with van der Waals surface area (Å²) < 4.78 is 5.23. The summed E-state index contributed by atoms with van der Waals surface area (Å²) in [6, 6.07) is 0. The normalized spacial score (nSPS) is 30.8. The van der Waals surface area contributed by atoms with Gasteiger partial charge >= 0.3 is 5.97 Å². The van der Waals surface area contributed by atoms with Crippen molar-refractivity contribution in [1.29, 1.82) is 0 Å². The zero-order chi connectivity index (χ0) is 8.48. The lowest BCUT2D eigenvalue weighted by molar-refractivity contribution is -0.154. The molecule has 1 heterocycles. The van der Waals surface area contributed by atoms with E-state index in [-0.39, 0.29) is 16.4 Å². The summed E-state index contributed by atoms with van der Waals surface area (Å²) in [4.78, 5) is 11.1. The van der Waals surface area contributed by atoms with Crippen LogP contribution in [0, 0.1) is 0 Å². The fourth-order valence-electron chi connectivity index (χ4n) is 1.21. The Kier molecular flexibility index (Phi) is 2.58. The van der Waals surface area contributed by atoms with Gasteiger partial charge in [0.05, 0.1) is 0 Å². The number of halogens is 1. The van der Waals surface area contributed by atoms with Crippen LogP contribution in [0.1, 0.15) is 33.1 Å². The molecule has 1 fully saturated rings.